The Labute approximate surface area is 144 Å². The average Bonchev–Trinajstić information content (AvgIpc) is 2.98. The van der Waals surface area contributed by atoms with E-state index in [0.29, 0.717) is 17.1 Å². The number of benzene rings is 2. The van der Waals surface area contributed by atoms with Crippen LogP contribution in [0.4, 0.5) is 11.4 Å². The third-order valence-corrected chi connectivity index (χ3v) is 5.15. The van der Waals surface area contributed by atoms with E-state index < -0.39 is 11.0 Å². The first kappa shape index (κ1) is 16.7. The molecule has 5 nitrogen and oxygen atoms in total. The predicted molar refractivity (Wildman–Crippen MR) is 97.5 cm³/mol. The second-order valence-electron chi connectivity index (χ2n) is 5.73. The number of fused-ring (bicyclic) bond motifs is 1. The fraction of sp³-hybridized carbons (Fsp3) is 0.278. The van der Waals surface area contributed by atoms with E-state index in [1.165, 1.54) is 18.2 Å². The number of rotatable bonds is 6. The highest BCUT2D eigenvalue weighted by molar-refractivity contribution is 7.83. The topological polar surface area (TPSA) is 61.4 Å². The lowest BCUT2D eigenvalue weighted by Gasteiger charge is -2.19. The standard InChI is InChI=1S/C18H21N3O2S/c1-14(22)20-16-6-8-17(9-7-16)24(23)19-11-13-21-12-10-15-4-2-3-5-18(15)21/h2-9,19H,10-13H2,1H3,(H,20,22). The molecule has 1 aliphatic heterocycles. The quantitative estimate of drug-likeness (QED) is 0.846. The molecule has 2 N–H and O–H groups in total. The summed E-state index contributed by atoms with van der Waals surface area (Å²) >= 11 is 0. The molecule has 0 aromatic heterocycles. The number of amides is 1. The van der Waals surface area contributed by atoms with Gasteiger partial charge in [-0.3, -0.25) is 4.79 Å². The van der Waals surface area contributed by atoms with Crippen molar-refractivity contribution in [2.24, 2.45) is 0 Å². The predicted octanol–water partition coefficient (Wildman–Crippen LogP) is 2.32. The summed E-state index contributed by atoms with van der Waals surface area (Å²) in [4.78, 5) is 14.0. The zero-order chi connectivity index (χ0) is 16.9. The van der Waals surface area contributed by atoms with Crippen LogP contribution in [0.25, 0.3) is 0 Å². The van der Waals surface area contributed by atoms with Crippen LogP contribution in [0.1, 0.15) is 12.5 Å². The van der Waals surface area contributed by atoms with Crippen molar-refractivity contribution in [3.05, 3.63) is 54.1 Å². The molecular formula is C18H21N3O2S. The molecule has 0 saturated carbocycles. The number of anilines is 2. The van der Waals surface area contributed by atoms with Crippen LogP contribution in [0.2, 0.25) is 0 Å². The molecule has 1 unspecified atom stereocenters. The largest absolute Gasteiger partial charge is 0.370 e. The molecule has 1 atom stereocenters. The maximum atomic E-state index is 12.3. The molecule has 0 saturated heterocycles. The summed E-state index contributed by atoms with van der Waals surface area (Å²) < 4.78 is 15.4. The van der Waals surface area contributed by atoms with E-state index in [0.717, 1.165) is 19.5 Å². The highest BCUT2D eigenvalue weighted by Crippen LogP contribution is 2.26. The maximum absolute atomic E-state index is 12.3. The van der Waals surface area contributed by atoms with Gasteiger partial charge in [0, 0.05) is 37.9 Å². The Morgan fingerprint density at radius 1 is 1.17 bits per heavy atom. The Kier molecular flexibility index (Phi) is 5.27. The molecule has 0 aliphatic carbocycles. The summed E-state index contributed by atoms with van der Waals surface area (Å²) in [5.41, 5.74) is 3.37. The van der Waals surface area contributed by atoms with Crippen LogP contribution in [-0.4, -0.2) is 29.8 Å². The van der Waals surface area contributed by atoms with E-state index in [1.807, 2.05) is 0 Å². The van der Waals surface area contributed by atoms with Gasteiger partial charge in [0.25, 0.3) is 0 Å². The molecule has 0 radical (unpaired) electrons. The molecule has 0 fully saturated rings. The molecule has 2 aromatic rings. The molecule has 1 amide bonds. The van der Waals surface area contributed by atoms with Crippen LogP contribution in [0, 0.1) is 0 Å². The van der Waals surface area contributed by atoms with Crippen molar-refractivity contribution in [2.75, 3.05) is 29.9 Å². The van der Waals surface area contributed by atoms with Gasteiger partial charge in [0.15, 0.2) is 0 Å². The van der Waals surface area contributed by atoms with Crippen LogP contribution in [0.3, 0.4) is 0 Å². The Morgan fingerprint density at radius 2 is 1.92 bits per heavy atom. The zero-order valence-corrected chi connectivity index (χ0v) is 14.4. The molecule has 24 heavy (non-hydrogen) atoms. The van der Waals surface area contributed by atoms with Gasteiger partial charge < -0.3 is 10.2 Å². The summed E-state index contributed by atoms with van der Waals surface area (Å²) in [5, 5.41) is 2.70. The van der Waals surface area contributed by atoms with Crippen molar-refractivity contribution in [3.63, 3.8) is 0 Å². The van der Waals surface area contributed by atoms with E-state index in [2.05, 4.69) is 39.2 Å². The molecule has 3 rings (SSSR count). The molecule has 0 spiro atoms. The van der Waals surface area contributed by atoms with Gasteiger partial charge in [-0.05, 0) is 42.3 Å². The number of nitrogens with one attached hydrogen (secondary N) is 2. The van der Waals surface area contributed by atoms with Crippen molar-refractivity contribution in [1.29, 1.82) is 0 Å². The molecule has 1 aliphatic rings. The van der Waals surface area contributed by atoms with Gasteiger partial charge in [-0.15, -0.1) is 0 Å². The van der Waals surface area contributed by atoms with Crippen LogP contribution in [0.15, 0.2) is 53.4 Å². The summed E-state index contributed by atoms with van der Waals surface area (Å²) in [6.07, 6.45) is 1.07. The highest BCUT2D eigenvalue weighted by atomic mass is 32.2. The third-order valence-electron chi connectivity index (χ3n) is 3.99. The van der Waals surface area contributed by atoms with E-state index in [4.69, 9.17) is 0 Å². The lowest BCUT2D eigenvalue weighted by atomic mass is 10.2. The zero-order valence-electron chi connectivity index (χ0n) is 13.6. The summed E-state index contributed by atoms with van der Waals surface area (Å²) in [6.45, 7) is 3.95. The van der Waals surface area contributed by atoms with E-state index in [9.17, 15) is 9.00 Å². The fourth-order valence-corrected chi connectivity index (χ4v) is 3.69. The average molecular weight is 343 g/mol. The minimum Gasteiger partial charge on any atom is -0.370 e. The molecule has 2 aromatic carbocycles. The Bertz CT molecular complexity index is 746. The number of hydrogen-bond acceptors (Lipinski definition) is 3. The van der Waals surface area contributed by atoms with Gasteiger partial charge in [-0.2, -0.15) is 0 Å². The van der Waals surface area contributed by atoms with Crippen molar-refractivity contribution >= 4 is 28.3 Å². The number of nitrogens with zero attached hydrogens (tertiary/aromatic N) is 1. The minimum atomic E-state index is -1.25. The SMILES string of the molecule is CC(=O)Nc1ccc(S(=O)NCCN2CCc3ccccc32)cc1. The number of para-hydroxylation sites is 1. The third kappa shape index (κ3) is 4.01. The molecule has 0 bridgehead atoms. The monoisotopic (exact) mass is 343 g/mol. The first-order chi connectivity index (χ1) is 11.6. The minimum absolute atomic E-state index is 0.118. The molecular weight excluding hydrogens is 322 g/mol. The Morgan fingerprint density at radius 3 is 2.67 bits per heavy atom. The summed E-state index contributed by atoms with van der Waals surface area (Å²) in [7, 11) is -1.25. The van der Waals surface area contributed by atoms with Gasteiger partial charge in [0.1, 0.15) is 11.0 Å². The Balaban J connectivity index is 1.50. The van der Waals surface area contributed by atoms with Gasteiger partial charge in [-0.25, -0.2) is 8.93 Å². The van der Waals surface area contributed by atoms with Crippen molar-refractivity contribution < 1.29 is 9.00 Å². The van der Waals surface area contributed by atoms with Gasteiger partial charge >= 0.3 is 0 Å². The van der Waals surface area contributed by atoms with Crippen molar-refractivity contribution in [1.82, 2.24) is 4.72 Å². The first-order valence-corrected chi connectivity index (χ1v) is 9.14. The molecule has 126 valence electrons. The van der Waals surface area contributed by atoms with Crippen LogP contribution < -0.4 is 14.9 Å². The summed E-state index contributed by atoms with van der Waals surface area (Å²) in [5.74, 6) is -0.118. The van der Waals surface area contributed by atoms with Crippen LogP contribution in [-0.2, 0) is 22.2 Å². The summed E-state index contributed by atoms with van der Waals surface area (Å²) in [6, 6.07) is 15.5. The second kappa shape index (κ2) is 7.59. The smallest absolute Gasteiger partial charge is 0.221 e. The lowest BCUT2D eigenvalue weighted by molar-refractivity contribution is -0.114. The second-order valence-corrected chi connectivity index (χ2v) is 7.03. The van der Waals surface area contributed by atoms with E-state index in [-0.39, 0.29) is 5.91 Å². The van der Waals surface area contributed by atoms with Gasteiger partial charge in [0.2, 0.25) is 5.91 Å². The highest BCUT2D eigenvalue weighted by Gasteiger charge is 2.17. The van der Waals surface area contributed by atoms with Crippen molar-refractivity contribution in [3.8, 4) is 0 Å². The maximum Gasteiger partial charge on any atom is 0.221 e. The van der Waals surface area contributed by atoms with Crippen LogP contribution >= 0.6 is 0 Å². The number of hydrogen-bond donors (Lipinski definition) is 2. The fourth-order valence-electron chi connectivity index (χ4n) is 2.86. The van der Waals surface area contributed by atoms with Gasteiger partial charge in [0.05, 0.1) is 4.90 Å². The Hall–Kier alpha value is -2.18. The van der Waals surface area contributed by atoms with Crippen LogP contribution in [0.5, 0.6) is 0 Å². The van der Waals surface area contributed by atoms with E-state index >= 15 is 0 Å². The van der Waals surface area contributed by atoms with E-state index in [1.54, 1.807) is 24.3 Å². The molecule has 1 heterocycles. The van der Waals surface area contributed by atoms with Crippen molar-refractivity contribution in [2.45, 2.75) is 18.2 Å². The number of carbonyl (C=O) groups excluding carboxylic acids is 1. The number of carbonyl (C=O) groups is 1. The normalized spacial score (nSPS) is 14.3. The first-order valence-electron chi connectivity index (χ1n) is 7.99. The lowest BCUT2D eigenvalue weighted by Crippen LogP contribution is -2.31. The van der Waals surface area contributed by atoms with Gasteiger partial charge in [-0.1, -0.05) is 18.2 Å². The molecule has 6 heteroatoms.